The van der Waals surface area contributed by atoms with Gasteiger partial charge >= 0.3 is 5.97 Å². The first-order valence-electron chi connectivity index (χ1n) is 5.46. The second-order valence-electron chi connectivity index (χ2n) is 3.65. The van der Waals surface area contributed by atoms with Crippen molar-refractivity contribution in [2.45, 2.75) is 6.54 Å². The predicted octanol–water partition coefficient (Wildman–Crippen LogP) is 0.843. The lowest BCUT2D eigenvalue weighted by Crippen LogP contribution is -2.26. The van der Waals surface area contributed by atoms with Gasteiger partial charge in [0.05, 0.1) is 17.3 Å². The molecule has 0 bridgehead atoms. The maximum atomic E-state index is 11.2. The zero-order valence-corrected chi connectivity index (χ0v) is 10.8. The molecule has 8 heteroatoms. The van der Waals surface area contributed by atoms with Crippen molar-refractivity contribution >= 4 is 17.6 Å². The van der Waals surface area contributed by atoms with Gasteiger partial charge in [0.25, 0.3) is 0 Å². The molecule has 0 aliphatic carbocycles. The van der Waals surface area contributed by atoms with Crippen LogP contribution in [0.5, 0.6) is 0 Å². The van der Waals surface area contributed by atoms with Crippen molar-refractivity contribution in [1.29, 1.82) is 0 Å². The van der Waals surface area contributed by atoms with E-state index in [9.17, 15) is 9.90 Å². The maximum Gasteiger partial charge on any atom is 0.354 e. The molecular weight excluding hydrogens is 270 g/mol. The number of hydrogen-bond acceptors (Lipinski definition) is 5. The van der Waals surface area contributed by atoms with Crippen LogP contribution in [-0.4, -0.2) is 32.9 Å². The van der Waals surface area contributed by atoms with Crippen LogP contribution in [0.25, 0.3) is 5.82 Å². The summed E-state index contributed by atoms with van der Waals surface area (Å²) in [5.74, 6) is -0.804. The van der Waals surface area contributed by atoms with Crippen LogP contribution in [-0.2, 0) is 6.54 Å². The first-order chi connectivity index (χ1) is 9.13. The standard InChI is InChI=1S/C11H12ClN5O2/c1-13-15-6-7-5-9(11(18)19)17(16-7)10-8(12)3-2-4-14-10/h2-5,13,15H,6H2,1H3,(H,18,19). The lowest BCUT2D eigenvalue weighted by atomic mass is 10.3. The highest BCUT2D eigenvalue weighted by Gasteiger charge is 2.17. The van der Waals surface area contributed by atoms with Gasteiger partial charge in [-0.25, -0.2) is 14.5 Å². The SMILES string of the molecule is CNNCc1cc(C(=O)O)n(-c2ncccc2Cl)n1. The van der Waals surface area contributed by atoms with Gasteiger partial charge in [0.2, 0.25) is 0 Å². The Kier molecular flexibility index (Phi) is 4.10. The molecule has 0 fully saturated rings. The molecular formula is C11H12ClN5O2. The monoisotopic (exact) mass is 281 g/mol. The molecule has 0 amide bonds. The highest BCUT2D eigenvalue weighted by molar-refractivity contribution is 6.32. The third kappa shape index (κ3) is 2.90. The van der Waals surface area contributed by atoms with Gasteiger partial charge in [0, 0.05) is 6.20 Å². The van der Waals surface area contributed by atoms with Crippen LogP contribution in [0, 0.1) is 0 Å². The van der Waals surface area contributed by atoms with Crippen LogP contribution in [0.4, 0.5) is 0 Å². The molecule has 100 valence electrons. The number of carbonyl (C=O) groups is 1. The van der Waals surface area contributed by atoms with Crippen LogP contribution >= 0.6 is 11.6 Å². The Balaban J connectivity index is 2.46. The van der Waals surface area contributed by atoms with E-state index in [1.165, 1.54) is 16.9 Å². The maximum absolute atomic E-state index is 11.2. The lowest BCUT2D eigenvalue weighted by molar-refractivity contribution is 0.0687. The molecule has 3 N–H and O–H groups in total. The number of carboxylic acid groups (broad SMARTS) is 1. The fraction of sp³-hybridized carbons (Fsp3) is 0.182. The number of rotatable bonds is 5. The van der Waals surface area contributed by atoms with Crippen molar-refractivity contribution in [3.8, 4) is 5.82 Å². The summed E-state index contributed by atoms with van der Waals surface area (Å²) in [6, 6.07) is 4.76. The molecule has 19 heavy (non-hydrogen) atoms. The van der Waals surface area contributed by atoms with Crippen LogP contribution in [0.3, 0.4) is 0 Å². The summed E-state index contributed by atoms with van der Waals surface area (Å²) in [7, 11) is 1.71. The van der Waals surface area contributed by atoms with E-state index < -0.39 is 5.97 Å². The van der Waals surface area contributed by atoms with E-state index in [1.807, 2.05) is 0 Å². The van der Waals surface area contributed by atoms with Crippen LogP contribution in [0.1, 0.15) is 16.2 Å². The molecule has 0 aliphatic heterocycles. The summed E-state index contributed by atoms with van der Waals surface area (Å²) < 4.78 is 1.22. The number of pyridine rings is 1. The van der Waals surface area contributed by atoms with Crippen LogP contribution < -0.4 is 10.9 Å². The average Bonchev–Trinajstić information content (AvgIpc) is 2.81. The normalized spacial score (nSPS) is 10.6. The number of hydrogen-bond donors (Lipinski definition) is 3. The van der Waals surface area contributed by atoms with Gasteiger partial charge in [-0.2, -0.15) is 5.10 Å². The minimum Gasteiger partial charge on any atom is -0.477 e. The zero-order chi connectivity index (χ0) is 13.8. The molecule has 0 saturated heterocycles. The Hall–Kier alpha value is -1.96. The van der Waals surface area contributed by atoms with Gasteiger partial charge < -0.3 is 5.11 Å². The van der Waals surface area contributed by atoms with E-state index >= 15 is 0 Å². The molecule has 0 aliphatic rings. The molecule has 2 aromatic rings. The quantitative estimate of drug-likeness (QED) is 0.704. The number of halogens is 1. The van der Waals surface area contributed by atoms with Gasteiger partial charge in [-0.05, 0) is 25.2 Å². The zero-order valence-electron chi connectivity index (χ0n) is 10.1. The van der Waals surface area contributed by atoms with Gasteiger partial charge in [-0.1, -0.05) is 11.6 Å². The third-order valence-corrected chi connectivity index (χ3v) is 2.66. The summed E-state index contributed by atoms with van der Waals surface area (Å²) in [6.07, 6.45) is 1.53. The number of aromatic nitrogens is 3. The van der Waals surface area contributed by atoms with E-state index in [4.69, 9.17) is 11.6 Å². The third-order valence-electron chi connectivity index (χ3n) is 2.37. The highest BCUT2D eigenvalue weighted by Crippen LogP contribution is 2.19. The van der Waals surface area contributed by atoms with Gasteiger partial charge in [0.15, 0.2) is 11.5 Å². The average molecular weight is 282 g/mol. The fourth-order valence-electron chi connectivity index (χ4n) is 1.54. The van der Waals surface area contributed by atoms with Crippen molar-refractivity contribution in [2.24, 2.45) is 0 Å². The Morgan fingerprint density at radius 3 is 3.00 bits per heavy atom. The molecule has 2 heterocycles. The summed E-state index contributed by atoms with van der Waals surface area (Å²) in [4.78, 5) is 15.3. The molecule has 0 unspecified atom stereocenters. The van der Waals surface area contributed by atoms with E-state index in [-0.39, 0.29) is 11.5 Å². The van der Waals surface area contributed by atoms with Crippen molar-refractivity contribution in [3.63, 3.8) is 0 Å². The Morgan fingerprint density at radius 2 is 2.37 bits per heavy atom. The largest absolute Gasteiger partial charge is 0.477 e. The first kappa shape index (κ1) is 13.5. The Bertz CT molecular complexity index is 599. The molecule has 0 atom stereocenters. The van der Waals surface area contributed by atoms with Crippen molar-refractivity contribution < 1.29 is 9.90 Å². The Labute approximate surface area is 114 Å². The van der Waals surface area contributed by atoms with Crippen molar-refractivity contribution in [2.75, 3.05) is 7.05 Å². The highest BCUT2D eigenvalue weighted by atomic mass is 35.5. The van der Waals surface area contributed by atoms with Crippen LogP contribution in [0.15, 0.2) is 24.4 Å². The van der Waals surface area contributed by atoms with E-state index in [1.54, 1.807) is 19.2 Å². The smallest absolute Gasteiger partial charge is 0.354 e. The minimum absolute atomic E-state index is 0.00787. The Morgan fingerprint density at radius 1 is 1.58 bits per heavy atom. The van der Waals surface area contributed by atoms with Crippen molar-refractivity contribution in [3.05, 3.63) is 40.8 Å². The molecule has 7 nitrogen and oxygen atoms in total. The lowest BCUT2D eigenvalue weighted by Gasteiger charge is -2.04. The van der Waals surface area contributed by atoms with E-state index in [0.717, 1.165) is 0 Å². The number of nitrogens with one attached hydrogen (secondary N) is 2. The number of hydrazine groups is 1. The summed E-state index contributed by atoms with van der Waals surface area (Å²) in [5.41, 5.74) is 6.15. The van der Waals surface area contributed by atoms with E-state index in [2.05, 4.69) is 20.9 Å². The molecule has 0 saturated carbocycles. The fourth-order valence-corrected chi connectivity index (χ4v) is 1.74. The number of carboxylic acids is 1. The van der Waals surface area contributed by atoms with Crippen LogP contribution in [0.2, 0.25) is 5.02 Å². The minimum atomic E-state index is -1.09. The molecule has 0 spiro atoms. The molecule has 2 aromatic heterocycles. The topological polar surface area (TPSA) is 92.1 Å². The number of nitrogens with zero attached hydrogens (tertiary/aromatic N) is 3. The summed E-state index contributed by atoms with van der Waals surface area (Å²) >= 11 is 6.00. The molecule has 0 aromatic carbocycles. The van der Waals surface area contributed by atoms with Gasteiger partial charge in [0.1, 0.15) is 0 Å². The second-order valence-corrected chi connectivity index (χ2v) is 4.06. The van der Waals surface area contributed by atoms with Crippen molar-refractivity contribution in [1.82, 2.24) is 25.6 Å². The van der Waals surface area contributed by atoms with Gasteiger partial charge in [-0.15, -0.1) is 0 Å². The van der Waals surface area contributed by atoms with E-state index in [0.29, 0.717) is 17.3 Å². The predicted molar refractivity (Wildman–Crippen MR) is 69.2 cm³/mol. The molecule has 2 rings (SSSR count). The summed E-state index contributed by atoms with van der Waals surface area (Å²) in [5, 5.41) is 13.7. The number of aromatic carboxylic acids is 1. The van der Waals surface area contributed by atoms with Gasteiger partial charge in [-0.3, -0.25) is 10.9 Å². The second kappa shape index (κ2) is 5.79. The summed E-state index contributed by atoms with van der Waals surface area (Å²) in [6.45, 7) is 0.383. The first-order valence-corrected chi connectivity index (χ1v) is 5.84. The molecule has 0 radical (unpaired) electrons.